The number of anilines is 1. The molecular weight excluding hydrogens is 370 g/mol. The average Bonchev–Trinajstić information content (AvgIpc) is 3.18. The monoisotopic (exact) mass is 389 g/mol. The second-order valence-corrected chi connectivity index (χ2v) is 6.54. The number of amides is 1. The number of ether oxygens (including phenoxy) is 3. The first-order valence-corrected chi connectivity index (χ1v) is 9.05. The van der Waals surface area contributed by atoms with Crippen LogP contribution in [0.1, 0.15) is 23.2 Å². The number of esters is 1. The van der Waals surface area contributed by atoms with Crippen LogP contribution in [0.25, 0.3) is 0 Å². The van der Waals surface area contributed by atoms with Gasteiger partial charge in [-0.05, 0) is 55.3 Å². The highest BCUT2D eigenvalue weighted by atomic mass is 35.5. The minimum absolute atomic E-state index is 0.132. The minimum Gasteiger partial charge on any atom is -0.491 e. The lowest BCUT2D eigenvalue weighted by Crippen LogP contribution is -2.21. The Morgan fingerprint density at radius 1 is 1.19 bits per heavy atom. The predicted octanol–water partition coefficient (Wildman–Crippen LogP) is 3.69. The SMILES string of the molecule is O=C(COC(=O)c1ccc(OC[C@H]2CCCO2)cc1)Nc1cccc(Cl)c1. The zero-order chi connectivity index (χ0) is 19.1. The van der Waals surface area contributed by atoms with Crippen LogP contribution in [-0.2, 0) is 14.3 Å². The maximum atomic E-state index is 12.0. The van der Waals surface area contributed by atoms with Crippen LogP contribution in [0.5, 0.6) is 5.75 Å². The third kappa shape index (κ3) is 5.98. The summed E-state index contributed by atoms with van der Waals surface area (Å²) in [5, 5.41) is 3.12. The highest BCUT2D eigenvalue weighted by Crippen LogP contribution is 2.17. The van der Waals surface area contributed by atoms with E-state index in [2.05, 4.69) is 5.32 Å². The van der Waals surface area contributed by atoms with Crippen molar-refractivity contribution in [3.63, 3.8) is 0 Å². The molecule has 0 aliphatic carbocycles. The van der Waals surface area contributed by atoms with E-state index in [1.807, 2.05) is 0 Å². The van der Waals surface area contributed by atoms with Crippen molar-refractivity contribution in [1.82, 2.24) is 0 Å². The Morgan fingerprint density at radius 2 is 2.00 bits per heavy atom. The van der Waals surface area contributed by atoms with Crippen LogP contribution in [0, 0.1) is 0 Å². The molecule has 1 atom stereocenters. The second kappa shape index (κ2) is 9.39. The molecule has 142 valence electrons. The summed E-state index contributed by atoms with van der Waals surface area (Å²) in [6.07, 6.45) is 2.19. The molecule has 0 spiro atoms. The molecule has 1 N–H and O–H groups in total. The molecule has 0 saturated carbocycles. The van der Waals surface area contributed by atoms with E-state index in [-0.39, 0.29) is 12.7 Å². The lowest BCUT2D eigenvalue weighted by atomic mass is 10.2. The normalized spacial score (nSPS) is 16.0. The maximum absolute atomic E-state index is 12.0. The molecule has 1 aliphatic rings. The van der Waals surface area contributed by atoms with Crippen LogP contribution < -0.4 is 10.1 Å². The first kappa shape index (κ1) is 19.2. The van der Waals surface area contributed by atoms with E-state index < -0.39 is 11.9 Å². The third-order valence-electron chi connectivity index (χ3n) is 3.99. The van der Waals surface area contributed by atoms with Crippen LogP contribution in [0.4, 0.5) is 5.69 Å². The highest BCUT2D eigenvalue weighted by Gasteiger charge is 2.16. The van der Waals surface area contributed by atoms with Crippen LogP contribution in [-0.4, -0.2) is 37.8 Å². The van der Waals surface area contributed by atoms with Crippen molar-refractivity contribution in [2.75, 3.05) is 25.1 Å². The van der Waals surface area contributed by atoms with Gasteiger partial charge in [-0.2, -0.15) is 0 Å². The summed E-state index contributed by atoms with van der Waals surface area (Å²) in [5.41, 5.74) is 0.881. The summed E-state index contributed by atoms with van der Waals surface area (Å²) in [6.45, 7) is 0.889. The van der Waals surface area contributed by atoms with Crippen LogP contribution in [0.2, 0.25) is 5.02 Å². The van der Waals surface area contributed by atoms with Gasteiger partial charge < -0.3 is 19.5 Å². The summed E-state index contributed by atoms with van der Waals surface area (Å²) < 4.78 is 16.2. The molecule has 1 amide bonds. The fourth-order valence-corrected chi connectivity index (χ4v) is 2.82. The number of benzene rings is 2. The summed E-state index contributed by atoms with van der Waals surface area (Å²) in [5.74, 6) is -0.371. The van der Waals surface area contributed by atoms with Crippen molar-refractivity contribution >= 4 is 29.2 Å². The van der Waals surface area contributed by atoms with Crippen molar-refractivity contribution in [2.45, 2.75) is 18.9 Å². The largest absolute Gasteiger partial charge is 0.491 e. The van der Waals surface area contributed by atoms with Crippen molar-refractivity contribution < 1.29 is 23.8 Å². The van der Waals surface area contributed by atoms with Crippen molar-refractivity contribution in [3.8, 4) is 5.75 Å². The van der Waals surface area contributed by atoms with Gasteiger partial charge in [-0.25, -0.2) is 4.79 Å². The van der Waals surface area contributed by atoms with Gasteiger partial charge in [0.25, 0.3) is 5.91 Å². The van der Waals surface area contributed by atoms with E-state index in [0.29, 0.717) is 28.6 Å². The molecule has 27 heavy (non-hydrogen) atoms. The standard InChI is InChI=1S/C20H20ClNO5/c21-15-3-1-4-16(11-15)22-19(23)13-27-20(24)14-6-8-17(9-7-14)26-12-18-5-2-10-25-18/h1,3-4,6-9,11,18H,2,5,10,12-13H2,(H,22,23)/t18-/m1/s1. The van der Waals surface area contributed by atoms with Crippen LogP contribution in [0.3, 0.4) is 0 Å². The van der Waals surface area contributed by atoms with Gasteiger partial charge in [0, 0.05) is 17.3 Å². The molecule has 0 radical (unpaired) electrons. The van der Waals surface area contributed by atoms with Crippen molar-refractivity contribution in [3.05, 3.63) is 59.1 Å². The van der Waals surface area contributed by atoms with E-state index in [9.17, 15) is 9.59 Å². The van der Waals surface area contributed by atoms with Gasteiger partial charge in [-0.15, -0.1) is 0 Å². The van der Waals surface area contributed by atoms with Gasteiger partial charge in [0.15, 0.2) is 6.61 Å². The fraction of sp³-hybridized carbons (Fsp3) is 0.300. The predicted molar refractivity (Wildman–Crippen MR) is 101 cm³/mol. The first-order chi connectivity index (χ1) is 13.1. The van der Waals surface area contributed by atoms with Gasteiger partial charge in [0.1, 0.15) is 12.4 Å². The molecule has 3 rings (SSSR count). The molecule has 1 heterocycles. The smallest absolute Gasteiger partial charge is 0.338 e. The third-order valence-corrected chi connectivity index (χ3v) is 4.23. The first-order valence-electron chi connectivity index (χ1n) is 8.67. The quantitative estimate of drug-likeness (QED) is 0.731. The Bertz CT molecular complexity index is 787. The Labute approximate surface area is 162 Å². The maximum Gasteiger partial charge on any atom is 0.338 e. The number of rotatable bonds is 7. The van der Waals surface area contributed by atoms with Gasteiger partial charge in [0.05, 0.1) is 11.7 Å². The fourth-order valence-electron chi connectivity index (χ4n) is 2.63. The van der Waals surface area contributed by atoms with Crippen molar-refractivity contribution in [2.24, 2.45) is 0 Å². The Balaban J connectivity index is 1.43. The summed E-state index contributed by atoms with van der Waals surface area (Å²) in [4.78, 5) is 23.9. The summed E-state index contributed by atoms with van der Waals surface area (Å²) in [6, 6.07) is 13.3. The van der Waals surface area contributed by atoms with E-state index in [0.717, 1.165) is 19.4 Å². The second-order valence-electron chi connectivity index (χ2n) is 6.11. The number of carbonyl (C=O) groups is 2. The number of hydrogen-bond donors (Lipinski definition) is 1. The topological polar surface area (TPSA) is 73.9 Å². The van der Waals surface area contributed by atoms with Gasteiger partial charge in [-0.3, -0.25) is 4.79 Å². The molecule has 1 saturated heterocycles. The molecule has 7 heteroatoms. The molecule has 2 aromatic rings. The Kier molecular flexibility index (Phi) is 6.68. The average molecular weight is 390 g/mol. The zero-order valence-corrected chi connectivity index (χ0v) is 15.4. The van der Waals surface area contributed by atoms with E-state index in [1.165, 1.54) is 0 Å². The Hall–Kier alpha value is -2.57. The van der Waals surface area contributed by atoms with Crippen LogP contribution >= 0.6 is 11.6 Å². The summed E-state index contributed by atoms with van der Waals surface area (Å²) >= 11 is 5.85. The minimum atomic E-state index is -0.582. The lowest BCUT2D eigenvalue weighted by molar-refractivity contribution is -0.119. The number of hydrogen-bond acceptors (Lipinski definition) is 5. The summed E-state index contributed by atoms with van der Waals surface area (Å²) in [7, 11) is 0. The van der Waals surface area contributed by atoms with Gasteiger partial charge in [0.2, 0.25) is 0 Å². The van der Waals surface area contributed by atoms with Gasteiger partial charge in [-0.1, -0.05) is 17.7 Å². The lowest BCUT2D eigenvalue weighted by Gasteiger charge is -2.11. The molecular formula is C20H20ClNO5. The van der Waals surface area contributed by atoms with E-state index >= 15 is 0 Å². The molecule has 6 nitrogen and oxygen atoms in total. The van der Waals surface area contributed by atoms with Crippen LogP contribution in [0.15, 0.2) is 48.5 Å². The Morgan fingerprint density at radius 3 is 2.70 bits per heavy atom. The zero-order valence-electron chi connectivity index (χ0n) is 14.7. The van der Waals surface area contributed by atoms with E-state index in [4.69, 9.17) is 25.8 Å². The van der Waals surface area contributed by atoms with Gasteiger partial charge >= 0.3 is 5.97 Å². The molecule has 0 bridgehead atoms. The molecule has 2 aromatic carbocycles. The molecule has 0 aromatic heterocycles. The molecule has 1 aliphatic heterocycles. The molecule has 0 unspecified atom stereocenters. The van der Waals surface area contributed by atoms with Crippen molar-refractivity contribution in [1.29, 1.82) is 0 Å². The number of halogens is 1. The number of nitrogens with one attached hydrogen (secondary N) is 1. The number of carbonyl (C=O) groups excluding carboxylic acids is 2. The van der Waals surface area contributed by atoms with E-state index in [1.54, 1.807) is 48.5 Å². The molecule has 1 fully saturated rings. The highest BCUT2D eigenvalue weighted by molar-refractivity contribution is 6.30.